The van der Waals surface area contributed by atoms with Crippen LogP contribution in [0.5, 0.6) is 0 Å². The van der Waals surface area contributed by atoms with Crippen molar-refractivity contribution in [3.8, 4) is 0 Å². The van der Waals surface area contributed by atoms with Crippen LogP contribution in [-0.2, 0) is 9.53 Å². The molecule has 6 atom stereocenters. The van der Waals surface area contributed by atoms with Crippen molar-refractivity contribution in [2.24, 2.45) is 28.6 Å². The zero-order valence-electron chi connectivity index (χ0n) is 18.1. The average Bonchev–Trinajstić information content (AvgIpc) is 2.67. The molecule has 0 saturated heterocycles. The molecule has 4 aliphatic rings. The number of aliphatic hydroxyl groups is 1. The molecule has 28 heavy (non-hydrogen) atoms. The summed E-state index contributed by atoms with van der Waals surface area (Å²) in [5.41, 5.74) is 1.00. The second-order valence-electron chi connectivity index (χ2n) is 10.6. The Hall–Kier alpha value is -0.710. The molecule has 0 aliphatic heterocycles. The Morgan fingerprint density at radius 1 is 1.18 bits per heavy atom. The van der Waals surface area contributed by atoms with Crippen molar-refractivity contribution in [2.75, 3.05) is 26.8 Å². The molecular weight excluding hydrogens is 350 g/mol. The van der Waals surface area contributed by atoms with Gasteiger partial charge < -0.3 is 15.2 Å². The summed E-state index contributed by atoms with van der Waals surface area (Å²) < 4.78 is 5.10. The predicted molar refractivity (Wildman–Crippen MR) is 111 cm³/mol. The van der Waals surface area contributed by atoms with Gasteiger partial charge in [-0.25, -0.2) is 0 Å². The minimum Gasteiger partial charge on any atom is -0.388 e. The highest BCUT2D eigenvalue weighted by Crippen LogP contribution is 2.63. The zero-order valence-corrected chi connectivity index (χ0v) is 18.1. The number of hydrogen-bond donors (Lipinski definition) is 2. The summed E-state index contributed by atoms with van der Waals surface area (Å²) in [6, 6.07) is 0. The van der Waals surface area contributed by atoms with Crippen LogP contribution in [-0.4, -0.2) is 43.3 Å². The molecule has 6 unspecified atom stereocenters. The van der Waals surface area contributed by atoms with E-state index in [9.17, 15) is 9.90 Å². The minimum atomic E-state index is -0.629. The molecular formula is C24H39NO3. The Kier molecular flexibility index (Phi) is 5.52. The first kappa shape index (κ1) is 20.6. The summed E-state index contributed by atoms with van der Waals surface area (Å²) in [5, 5.41) is 14.6. The second kappa shape index (κ2) is 7.52. The summed E-state index contributed by atoms with van der Waals surface area (Å²) in [6.07, 6.45) is 11.7. The number of carbonyl (C=O) groups is 1. The number of carbonyl (C=O) groups excluding carboxylic acids is 1. The van der Waals surface area contributed by atoms with Gasteiger partial charge in [0.2, 0.25) is 0 Å². The van der Waals surface area contributed by atoms with Crippen molar-refractivity contribution in [3.05, 3.63) is 11.6 Å². The number of methoxy groups -OCH3 is 1. The lowest BCUT2D eigenvalue weighted by atomic mass is 9.44. The third-order valence-corrected chi connectivity index (χ3v) is 9.14. The Balaban J connectivity index is 1.51. The Bertz CT molecular complexity index is 646. The van der Waals surface area contributed by atoms with E-state index in [0.717, 1.165) is 51.5 Å². The van der Waals surface area contributed by atoms with Gasteiger partial charge in [-0.1, -0.05) is 25.5 Å². The number of rotatable bonds is 5. The molecule has 4 heteroatoms. The number of hydrogen-bond acceptors (Lipinski definition) is 4. The molecule has 3 saturated carbocycles. The maximum absolute atomic E-state index is 12.8. The van der Waals surface area contributed by atoms with Crippen LogP contribution in [0.2, 0.25) is 0 Å². The molecule has 0 amide bonds. The molecule has 0 aromatic rings. The van der Waals surface area contributed by atoms with Gasteiger partial charge in [-0.2, -0.15) is 0 Å². The highest BCUT2D eigenvalue weighted by molar-refractivity contribution is 5.85. The normalized spacial score (nSPS) is 45.6. The maximum atomic E-state index is 12.8. The molecule has 3 fully saturated rings. The zero-order chi connectivity index (χ0) is 20.0. The van der Waals surface area contributed by atoms with Crippen LogP contribution in [0.3, 0.4) is 0 Å². The molecule has 158 valence electrons. The molecule has 4 nitrogen and oxygen atoms in total. The summed E-state index contributed by atoms with van der Waals surface area (Å²) in [4.78, 5) is 12.8. The van der Waals surface area contributed by atoms with Gasteiger partial charge in [0.1, 0.15) is 5.78 Å². The van der Waals surface area contributed by atoms with Gasteiger partial charge >= 0.3 is 0 Å². The number of nitrogens with one attached hydrogen (secondary N) is 1. The quantitative estimate of drug-likeness (QED) is 0.553. The van der Waals surface area contributed by atoms with Crippen molar-refractivity contribution >= 4 is 5.78 Å². The number of allylic oxidation sites excluding steroid dienone is 1. The molecule has 0 bridgehead atoms. The van der Waals surface area contributed by atoms with E-state index in [1.54, 1.807) is 7.11 Å². The van der Waals surface area contributed by atoms with Crippen LogP contribution >= 0.6 is 0 Å². The van der Waals surface area contributed by atoms with Crippen molar-refractivity contribution < 1.29 is 14.6 Å². The molecule has 4 rings (SSSR count). The Morgan fingerprint density at radius 3 is 2.75 bits per heavy atom. The molecule has 0 aromatic carbocycles. The molecule has 0 radical (unpaired) electrons. The second-order valence-corrected chi connectivity index (χ2v) is 10.6. The fourth-order valence-electron chi connectivity index (χ4n) is 7.33. The van der Waals surface area contributed by atoms with Gasteiger partial charge in [-0.3, -0.25) is 4.79 Å². The first-order valence-electron chi connectivity index (χ1n) is 11.5. The lowest BCUT2D eigenvalue weighted by Gasteiger charge is -2.60. The van der Waals surface area contributed by atoms with Crippen molar-refractivity contribution in [2.45, 2.75) is 77.2 Å². The van der Waals surface area contributed by atoms with E-state index < -0.39 is 5.60 Å². The summed E-state index contributed by atoms with van der Waals surface area (Å²) in [7, 11) is 1.71. The highest BCUT2D eigenvalue weighted by Gasteiger charge is 2.58. The molecule has 0 spiro atoms. The van der Waals surface area contributed by atoms with Crippen molar-refractivity contribution in [1.29, 1.82) is 0 Å². The van der Waals surface area contributed by atoms with E-state index in [2.05, 4.69) is 25.2 Å². The highest BCUT2D eigenvalue weighted by atomic mass is 16.5. The third-order valence-electron chi connectivity index (χ3n) is 9.14. The van der Waals surface area contributed by atoms with Crippen LogP contribution in [0, 0.1) is 28.6 Å². The van der Waals surface area contributed by atoms with E-state index in [1.165, 1.54) is 18.4 Å². The van der Waals surface area contributed by atoms with Crippen molar-refractivity contribution in [1.82, 2.24) is 5.32 Å². The molecule has 0 aromatic heterocycles. The van der Waals surface area contributed by atoms with Crippen LogP contribution in [0.4, 0.5) is 0 Å². The first-order chi connectivity index (χ1) is 13.3. The van der Waals surface area contributed by atoms with Crippen LogP contribution in [0.25, 0.3) is 0 Å². The fourth-order valence-corrected chi connectivity index (χ4v) is 7.33. The smallest absolute Gasteiger partial charge is 0.139 e. The van der Waals surface area contributed by atoms with E-state index in [0.29, 0.717) is 36.7 Å². The van der Waals surface area contributed by atoms with Gasteiger partial charge in [-0.05, 0) is 74.5 Å². The molecule has 2 N–H and O–H groups in total. The van der Waals surface area contributed by atoms with E-state index in [1.807, 2.05) is 0 Å². The van der Waals surface area contributed by atoms with Gasteiger partial charge in [0.25, 0.3) is 0 Å². The SMILES string of the molecule is COCCNCC1(O)CCC2(C)C(=CCC3C4CCCC(=O)C4(C)CCC32)C1. The summed E-state index contributed by atoms with van der Waals surface area (Å²) in [6.45, 7) is 6.84. The van der Waals surface area contributed by atoms with Gasteiger partial charge in [0.05, 0.1) is 12.2 Å². The number of ether oxygens (including phenoxy) is 1. The predicted octanol–water partition coefficient (Wildman–Crippen LogP) is 3.88. The van der Waals surface area contributed by atoms with Gasteiger partial charge in [-0.15, -0.1) is 0 Å². The van der Waals surface area contributed by atoms with Gasteiger partial charge in [0.15, 0.2) is 0 Å². The lowest BCUT2D eigenvalue weighted by molar-refractivity contribution is -0.145. The lowest BCUT2D eigenvalue weighted by Crippen LogP contribution is -2.56. The maximum Gasteiger partial charge on any atom is 0.139 e. The van der Waals surface area contributed by atoms with Gasteiger partial charge in [0, 0.05) is 32.0 Å². The minimum absolute atomic E-state index is 0.0677. The third kappa shape index (κ3) is 3.30. The first-order valence-corrected chi connectivity index (χ1v) is 11.5. The average molecular weight is 390 g/mol. The largest absolute Gasteiger partial charge is 0.388 e. The van der Waals surface area contributed by atoms with Crippen LogP contribution < -0.4 is 5.32 Å². The van der Waals surface area contributed by atoms with Crippen LogP contribution in [0.15, 0.2) is 11.6 Å². The number of Topliss-reactive ketones (excluding diaryl/α,β-unsaturated/α-hetero) is 1. The Labute approximate surface area is 170 Å². The van der Waals surface area contributed by atoms with Crippen LogP contribution in [0.1, 0.15) is 71.6 Å². The Morgan fingerprint density at radius 2 is 1.96 bits per heavy atom. The molecule has 0 heterocycles. The monoisotopic (exact) mass is 389 g/mol. The number of fused-ring (bicyclic) bond motifs is 5. The standard InChI is InChI=1S/C24H39NO3/c1-22-11-12-24(27,16-25-13-14-28-3)15-17(22)7-8-18-19-5-4-6-21(26)23(19,2)10-9-20(18)22/h7,18-20,25,27H,4-6,8-16H2,1-3H3. The van der Waals surface area contributed by atoms with E-state index in [-0.39, 0.29) is 10.8 Å². The fraction of sp³-hybridized carbons (Fsp3) is 0.875. The summed E-state index contributed by atoms with van der Waals surface area (Å²) >= 11 is 0. The number of ketones is 1. The summed E-state index contributed by atoms with van der Waals surface area (Å²) in [5.74, 6) is 2.44. The van der Waals surface area contributed by atoms with Crippen molar-refractivity contribution in [3.63, 3.8) is 0 Å². The molecule has 4 aliphatic carbocycles. The topological polar surface area (TPSA) is 58.6 Å². The van der Waals surface area contributed by atoms with E-state index >= 15 is 0 Å². The van der Waals surface area contributed by atoms with E-state index in [4.69, 9.17) is 4.74 Å².